The smallest absolute Gasteiger partial charge is 0.407 e. The molecule has 13 nitrogen and oxygen atoms in total. The Kier molecular flexibility index (Phi) is 6.02. The van der Waals surface area contributed by atoms with Gasteiger partial charge in [0.2, 0.25) is 5.95 Å². The Morgan fingerprint density at radius 1 is 1.10 bits per heavy atom. The molecule has 1 atom stereocenters. The van der Waals surface area contributed by atoms with Gasteiger partial charge in [-0.15, -0.1) is 5.10 Å². The number of nitrogens with one attached hydrogen (secondary N) is 1. The monoisotopic (exact) mass is 526 g/mol. The largest absolute Gasteiger partial charge is 0.465 e. The molecule has 39 heavy (non-hydrogen) atoms. The molecule has 1 aliphatic rings. The lowest BCUT2D eigenvalue weighted by atomic mass is 10.2. The second kappa shape index (κ2) is 9.67. The molecule has 1 unspecified atom stereocenters. The summed E-state index contributed by atoms with van der Waals surface area (Å²) >= 11 is 0. The highest BCUT2D eigenvalue weighted by molar-refractivity contribution is 5.87. The second-order valence-electron chi connectivity index (χ2n) is 9.47. The predicted molar refractivity (Wildman–Crippen MR) is 145 cm³/mol. The van der Waals surface area contributed by atoms with Crippen LogP contribution in [0.3, 0.4) is 0 Å². The number of aromatic nitrogens is 7. The number of anilines is 3. The van der Waals surface area contributed by atoms with E-state index in [-0.39, 0.29) is 6.04 Å². The number of aryl methyl sites for hydroxylation is 2. The molecular weight excluding hydrogens is 500 g/mol. The van der Waals surface area contributed by atoms with Gasteiger partial charge in [-0.3, -0.25) is 0 Å². The minimum Gasteiger partial charge on any atom is -0.465 e. The molecule has 4 heterocycles. The van der Waals surface area contributed by atoms with Crippen molar-refractivity contribution in [3.05, 3.63) is 54.5 Å². The van der Waals surface area contributed by atoms with Crippen molar-refractivity contribution in [2.45, 2.75) is 19.9 Å². The molecule has 13 heteroatoms. The molecule has 0 spiro atoms. The van der Waals surface area contributed by atoms with Crippen molar-refractivity contribution in [3.8, 4) is 11.5 Å². The molecule has 0 bridgehead atoms. The number of benzene rings is 2. The summed E-state index contributed by atoms with van der Waals surface area (Å²) in [6.07, 6.45) is 2.21. The van der Waals surface area contributed by atoms with Crippen molar-refractivity contribution >= 4 is 45.6 Å². The number of amides is 1. The van der Waals surface area contributed by atoms with E-state index in [0.717, 1.165) is 28.0 Å². The summed E-state index contributed by atoms with van der Waals surface area (Å²) < 4.78 is 7.84. The highest BCUT2D eigenvalue weighted by Gasteiger charge is 2.28. The number of fused-ring (bicyclic) bond motifs is 2. The fourth-order valence-corrected chi connectivity index (χ4v) is 4.70. The van der Waals surface area contributed by atoms with Gasteiger partial charge in [-0.25, -0.2) is 29.4 Å². The third-order valence-electron chi connectivity index (χ3n) is 6.77. The van der Waals surface area contributed by atoms with Crippen LogP contribution in [-0.4, -0.2) is 76.7 Å². The number of hydrogen-bond acceptors (Lipinski definition) is 10. The molecule has 0 radical (unpaired) electrons. The maximum Gasteiger partial charge on any atom is 0.407 e. The van der Waals surface area contributed by atoms with Crippen LogP contribution in [0, 0.1) is 6.92 Å². The second-order valence-corrected chi connectivity index (χ2v) is 9.47. The van der Waals surface area contributed by atoms with Crippen LogP contribution in [0.2, 0.25) is 0 Å². The highest BCUT2D eigenvalue weighted by atomic mass is 16.5. The van der Waals surface area contributed by atoms with Crippen molar-refractivity contribution < 1.29 is 14.6 Å². The van der Waals surface area contributed by atoms with Gasteiger partial charge in [-0.1, -0.05) is 5.21 Å². The average molecular weight is 527 g/mol. The van der Waals surface area contributed by atoms with Crippen LogP contribution in [0.15, 0.2) is 48.9 Å². The Labute approximate surface area is 223 Å². The van der Waals surface area contributed by atoms with E-state index in [2.05, 4.69) is 30.6 Å². The van der Waals surface area contributed by atoms with Crippen LogP contribution < -0.4 is 15.0 Å². The number of carbonyl (C=O) groups is 1. The van der Waals surface area contributed by atoms with E-state index in [9.17, 15) is 9.90 Å². The Balaban J connectivity index is 1.22. The third kappa shape index (κ3) is 4.69. The molecule has 6 rings (SSSR count). The predicted octanol–water partition coefficient (Wildman–Crippen LogP) is 3.73. The lowest BCUT2D eigenvalue weighted by Gasteiger charge is -2.38. The van der Waals surface area contributed by atoms with Gasteiger partial charge in [0.05, 0.1) is 11.7 Å². The maximum absolute atomic E-state index is 11.4. The van der Waals surface area contributed by atoms with Gasteiger partial charge >= 0.3 is 6.09 Å². The molecule has 2 aromatic carbocycles. The zero-order valence-corrected chi connectivity index (χ0v) is 21.6. The Bertz CT molecular complexity index is 1700. The van der Waals surface area contributed by atoms with Crippen molar-refractivity contribution in [2.24, 2.45) is 7.05 Å². The van der Waals surface area contributed by atoms with Crippen LogP contribution in [0.25, 0.3) is 22.1 Å². The maximum atomic E-state index is 11.4. The van der Waals surface area contributed by atoms with Crippen molar-refractivity contribution in [2.75, 3.05) is 29.9 Å². The number of ether oxygens (including phenoxy) is 1. The minimum atomic E-state index is -0.917. The average Bonchev–Trinajstić information content (AvgIpc) is 3.29. The SMILES string of the molecule is Cc1cc(Nc2ncnc3cnc(N4CCN(C(=O)O)C(C)C4)nc23)ccc1Oc1ccc2c(c1)nnn2C. The molecule has 5 aromatic rings. The molecule has 3 aromatic heterocycles. The Hall–Kier alpha value is -5.07. The molecule has 1 amide bonds. The number of hydrogen-bond donors (Lipinski definition) is 2. The van der Waals surface area contributed by atoms with Crippen LogP contribution in [-0.2, 0) is 7.05 Å². The molecule has 0 saturated carbocycles. The first-order valence-electron chi connectivity index (χ1n) is 12.4. The number of piperazine rings is 1. The lowest BCUT2D eigenvalue weighted by Crippen LogP contribution is -2.54. The summed E-state index contributed by atoms with van der Waals surface area (Å²) in [6, 6.07) is 11.3. The molecule has 1 saturated heterocycles. The molecule has 1 fully saturated rings. The molecule has 0 aliphatic carbocycles. The fraction of sp³-hybridized carbons (Fsp3) is 0.269. The van der Waals surface area contributed by atoms with Gasteiger partial charge in [-0.05, 0) is 49.7 Å². The van der Waals surface area contributed by atoms with E-state index in [1.165, 1.54) is 11.2 Å². The normalized spacial score (nSPS) is 15.6. The van der Waals surface area contributed by atoms with Gasteiger partial charge < -0.3 is 25.0 Å². The van der Waals surface area contributed by atoms with Gasteiger partial charge in [-0.2, -0.15) is 0 Å². The number of nitrogens with zero attached hydrogens (tertiary/aromatic N) is 9. The zero-order valence-electron chi connectivity index (χ0n) is 21.6. The van der Waals surface area contributed by atoms with Crippen molar-refractivity contribution in [1.29, 1.82) is 0 Å². The van der Waals surface area contributed by atoms with E-state index in [4.69, 9.17) is 9.72 Å². The van der Waals surface area contributed by atoms with E-state index in [1.54, 1.807) is 10.9 Å². The first kappa shape index (κ1) is 24.3. The van der Waals surface area contributed by atoms with E-state index < -0.39 is 6.09 Å². The first-order valence-corrected chi connectivity index (χ1v) is 12.4. The number of rotatable bonds is 5. The summed E-state index contributed by atoms with van der Waals surface area (Å²) in [5, 5.41) is 20.9. The van der Waals surface area contributed by atoms with Gasteiger partial charge in [0.15, 0.2) is 5.82 Å². The number of carboxylic acid groups (broad SMARTS) is 1. The lowest BCUT2D eigenvalue weighted by molar-refractivity contribution is 0.122. The minimum absolute atomic E-state index is 0.175. The summed E-state index contributed by atoms with van der Waals surface area (Å²) in [5.74, 6) is 2.45. The van der Waals surface area contributed by atoms with Crippen LogP contribution in [0.5, 0.6) is 11.5 Å². The summed E-state index contributed by atoms with van der Waals surface area (Å²) in [7, 11) is 1.85. The topological polar surface area (TPSA) is 147 Å². The Morgan fingerprint density at radius 3 is 2.77 bits per heavy atom. The van der Waals surface area contributed by atoms with Crippen LogP contribution in [0.4, 0.5) is 22.2 Å². The van der Waals surface area contributed by atoms with E-state index in [1.807, 2.05) is 62.2 Å². The van der Waals surface area contributed by atoms with Gasteiger partial charge in [0, 0.05) is 44.5 Å². The van der Waals surface area contributed by atoms with Crippen molar-refractivity contribution in [3.63, 3.8) is 0 Å². The van der Waals surface area contributed by atoms with E-state index >= 15 is 0 Å². The standard InChI is InChI=1S/C26H26N10O3/c1-15-10-17(4-7-22(15)39-18-5-6-21-19(11-18)32-33-34(21)3)30-24-23-20(28-14-29-24)12-27-25(31-23)35-8-9-36(26(37)38)16(2)13-35/h4-7,10-12,14,16H,8-9,13H2,1-3H3,(H,37,38)(H,28,29,30). The van der Waals surface area contributed by atoms with Crippen molar-refractivity contribution in [1.82, 2.24) is 39.8 Å². The highest BCUT2D eigenvalue weighted by Crippen LogP contribution is 2.31. The summed E-state index contributed by atoms with van der Waals surface area (Å²) in [6.45, 7) is 5.23. The summed E-state index contributed by atoms with van der Waals surface area (Å²) in [5.41, 5.74) is 4.61. The molecule has 198 valence electrons. The van der Waals surface area contributed by atoms with E-state index in [0.29, 0.717) is 48.2 Å². The molecule has 2 N–H and O–H groups in total. The molecule has 1 aliphatic heterocycles. The van der Waals surface area contributed by atoms with Crippen LogP contribution >= 0.6 is 0 Å². The third-order valence-corrected chi connectivity index (χ3v) is 6.77. The van der Waals surface area contributed by atoms with Crippen LogP contribution in [0.1, 0.15) is 12.5 Å². The van der Waals surface area contributed by atoms with Gasteiger partial charge in [0.1, 0.15) is 34.4 Å². The molecular formula is C26H26N10O3. The zero-order chi connectivity index (χ0) is 27.1. The Morgan fingerprint density at radius 2 is 1.97 bits per heavy atom. The van der Waals surface area contributed by atoms with Gasteiger partial charge in [0.25, 0.3) is 0 Å². The first-order chi connectivity index (χ1) is 18.9. The quantitative estimate of drug-likeness (QED) is 0.345. The fourth-order valence-electron chi connectivity index (χ4n) is 4.70. The summed E-state index contributed by atoms with van der Waals surface area (Å²) in [4.78, 5) is 32.8.